The molecular weight excluding hydrogens is 238 g/mol. The van der Waals surface area contributed by atoms with Gasteiger partial charge in [-0.15, -0.1) is 0 Å². The average molecular weight is 263 g/mol. The third kappa shape index (κ3) is 6.99. The van der Waals surface area contributed by atoms with Gasteiger partial charge in [-0.1, -0.05) is 44.2 Å². The van der Waals surface area contributed by atoms with Crippen LogP contribution in [0.4, 0.5) is 0 Å². The molecular formula is C16H25NO2. The molecule has 3 nitrogen and oxygen atoms in total. The van der Waals surface area contributed by atoms with Crippen molar-refractivity contribution in [2.75, 3.05) is 19.8 Å². The summed E-state index contributed by atoms with van der Waals surface area (Å²) in [7, 11) is 0. The summed E-state index contributed by atoms with van der Waals surface area (Å²) in [5, 5.41) is 3.40. The summed E-state index contributed by atoms with van der Waals surface area (Å²) in [4.78, 5) is 0. The molecule has 1 N–H and O–H groups in total. The second-order valence-corrected chi connectivity index (χ2v) is 4.64. The van der Waals surface area contributed by atoms with Gasteiger partial charge >= 0.3 is 0 Å². The largest absolute Gasteiger partial charge is 0.491 e. The van der Waals surface area contributed by atoms with Crippen LogP contribution in [-0.4, -0.2) is 25.9 Å². The number of hydrogen-bond acceptors (Lipinski definition) is 3. The monoisotopic (exact) mass is 263 g/mol. The quantitative estimate of drug-likeness (QED) is 0.548. The maximum Gasteiger partial charge on any atom is 0.123 e. The number of para-hydroxylation sites is 1. The van der Waals surface area contributed by atoms with Crippen molar-refractivity contribution in [2.45, 2.75) is 33.4 Å². The van der Waals surface area contributed by atoms with Gasteiger partial charge in [0, 0.05) is 18.2 Å². The van der Waals surface area contributed by atoms with Gasteiger partial charge in [0.25, 0.3) is 0 Å². The Morgan fingerprint density at radius 2 is 2.00 bits per heavy atom. The van der Waals surface area contributed by atoms with Gasteiger partial charge in [0.1, 0.15) is 12.4 Å². The van der Waals surface area contributed by atoms with Crippen molar-refractivity contribution < 1.29 is 9.47 Å². The minimum atomic E-state index is 0.470. The molecule has 0 aliphatic rings. The molecule has 0 aromatic heterocycles. The second kappa shape index (κ2) is 9.59. The molecule has 0 spiro atoms. The Bertz CT molecular complexity index is 375. The van der Waals surface area contributed by atoms with Gasteiger partial charge in [0.05, 0.1) is 13.2 Å². The van der Waals surface area contributed by atoms with Crippen molar-refractivity contribution in [1.29, 1.82) is 0 Å². The third-order valence-electron chi connectivity index (χ3n) is 2.61. The first kappa shape index (κ1) is 15.7. The number of allylic oxidation sites excluding steroid dienone is 1. The average Bonchev–Trinajstić information content (AvgIpc) is 2.41. The lowest BCUT2D eigenvalue weighted by Gasteiger charge is -2.13. The zero-order valence-electron chi connectivity index (χ0n) is 12.2. The SMILES string of the molecule is CC=CCOCCOc1ccccc1CNC(C)C. The van der Waals surface area contributed by atoms with Crippen LogP contribution in [0.5, 0.6) is 5.75 Å². The van der Waals surface area contributed by atoms with E-state index >= 15 is 0 Å². The highest BCUT2D eigenvalue weighted by Crippen LogP contribution is 2.17. The Kier molecular flexibility index (Phi) is 7.94. The van der Waals surface area contributed by atoms with Crippen molar-refractivity contribution in [3.63, 3.8) is 0 Å². The summed E-state index contributed by atoms with van der Waals surface area (Å²) in [5.74, 6) is 0.935. The summed E-state index contributed by atoms with van der Waals surface area (Å²) in [6, 6.07) is 8.59. The van der Waals surface area contributed by atoms with E-state index in [1.54, 1.807) is 0 Å². The number of benzene rings is 1. The lowest BCUT2D eigenvalue weighted by Crippen LogP contribution is -2.22. The highest BCUT2D eigenvalue weighted by molar-refractivity contribution is 5.33. The molecule has 0 atom stereocenters. The van der Waals surface area contributed by atoms with Crippen molar-refractivity contribution >= 4 is 0 Å². The zero-order chi connectivity index (χ0) is 13.9. The molecule has 0 amide bonds. The van der Waals surface area contributed by atoms with Crippen LogP contribution < -0.4 is 10.1 Å². The maximum absolute atomic E-state index is 5.76. The van der Waals surface area contributed by atoms with Crippen LogP contribution in [0.15, 0.2) is 36.4 Å². The molecule has 0 saturated carbocycles. The van der Waals surface area contributed by atoms with E-state index in [4.69, 9.17) is 9.47 Å². The topological polar surface area (TPSA) is 30.5 Å². The van der Waals surface area contributed by atoms with Crippen LogP contribution in [0.25, 0.3) is 0 Å². The van der Waals surface area contributed by atoms with Gasteiger partial charge < -0.3 is 14.8 Å². The number of hydrogen-bond donors (Lipinski definition) is 1. The fourth-order valence-electron chi connectivity index (χ4n) is 1.56. The molecule has 0 aliphatic carbocycles. The maximum atomic E-state index is 5.76. The van der Waals surface area contributed by atoms with E-state index in [0.717, 1.165) is 12.3 Å². The number of ether oxygens (including phenoxy) is 2. The Morgan fingerprint density at radius 1 is 1.21 bits per heavy atom. The lowest BCUT2D eigenvalue weighted by atomic mass is 10.2. The molecule has 3 heteroatoms. The molecule has 19 heavy (non-hydrogen) atoms. The van der Waals surface area contributed by atoms with Gasteiger partial charge in [-0.2, -0.15) is 0 Å². The predicted molar refractivity (Wildman–Crippen MR) is 79.5 cm³/mol. The lowest BCUT2D eigenvalue weighted by molar-refractivity contribution is 0.120. The molecule has 1 aromatic rings. The highest BCUT2D eigenvalue weighted by Gasteiger charge is 2.03. The van der Waals surface area contributed by atoms with Crippen LogP contribution in [0.1, 0.15) is 26.3 Å². The van der Waals surface area contributed by atoms with Crippen LogP contribution >= 0.6 is 0 Å². The van der Waals surface area contributed by atoms with Gasteiger partial charge in [0.2, 0.25) is 0 Å². The Hall–Kier alpha value is -1.32. The van der Waals surface area contributed by atoms with Crippen molar-refractivity contribution in [1.82, 2.24) is 5.32 Å². The normalized spacial score (nSPS) is 11.4. The van der Waals surface area contributed by atoms with E-state index < -0.39 is 0 Å². The van der Waals surface area contributed by atoms with Crippen LogP contribution in [0, 0.1) is 0 Å². The fourth-order valence-corrected chi connectivity index (χ4v) is 1.56. The minimum absolute atomic E-state index is 0.470. The molecule has 0 aliphatic heterocycles. The van der Waals surface area contributed by atoms with Crippen molar-refractivity contribution in [2.24, 2.45) is 0 Å². The highest BCUT2D eigenvalue weighted by atomic mass is 16.5. The minimum Gasteiger partial charge on any atom is -0.491 e. The van der Waals surface area contributed by atoms with E-state index in [9.17, 15) is 0 Å². The van der Waals surface area contributed by atoms with E-state index in [0.29, 0.717) is 25.9 Å². The summed E-state index contributed by atoms with van der Waals surface area (Å²) >= 11 is 0. The molecule has 0 unspecified atom stereocenters. The Labute approximate surface area is 116 Å². The van der Waals surface area contributed by atoms with E-state index in [1.165, 1.54) is 5.56 Å². The summed E-state index contributed by atoms with van der Waals surface area (Å²) in [6.07, 6.45) is 3.97. The first-order valence-electron chi connectivity index (χ1n) is 6.87. The first-order valence-corrected chi connectivity index (χ1v) is 6.87. The molecule has 1 rings (SSSR count). The van der Waals surface area contributed by atoms with Crippen LogP contribution in [0.2, 0.25) is 0 Å². The fraction of sp³-hybridized carbons (Fsp3) is 0.500. The molecule has 0 fully saturated rings. The molecule has 0 radical (unpaired) electrons. The standard InChI is InChI=1S/C16H25NO2/c1-4-5-10-18-11-12-19-16-9-7-6-8-15(16)13-17-14(2)3/h4-9,14,17H,10-13H2,1-3H3. The number of rotatable bonds is 9. The van der Waals surface area contributed by atoms with E-state index in [-0.39, 0.29) is 0 Å². The van der Waals surface area contributed by atoms with Crippen LogP contribution in [0.3, 0.4) is 0 Å². The Morgan fingerprint density at radius 3 is 2.74 bits per heavy atom. The molecule has 1 aromatic carbocycles. The van der Waals surface area contributed by atoms with Crippen LogP contribution in [-0.2, 0) is 11.3 Å². The van der Waals surface area contributed by atoms with Crippen molar-refractivity contribution in [3.05, 3.63) is 42.0 Å². The second-order valence-electron chi connectivity index (χ2n) is 4.64. The smallest absolute Gasteiger partial charge is 0.123 e. The summed E-state index contributed by atoms with van der Waals surface area (Å²) < 4.78 is 11.2. The van der Waals surface area contributed by atoms with Crippen molar-refractivity contribution in [3.8, 4) is 5.75 Å². The van der Waals surface area contributed by atoms with E-state index in [2.05, 4.69) is 25.2 Å². The molecule has 106 valence electrons. The molecule has 0 heterocycles. The Balaban J connectivity index is 2.35. The summed E-state index contributed by atoms with van der Waals surface area (Å²) in [5.41, 5.74) is 1.18. The molecule has 0 bridgehead atoms. The van der Waals surface area contributed by atoms with E-state index in [1.807, 2.05) is 37.3 Å². The van der Waals surface area contributed by atoms with Gasteiger partial charge in [-0.3, -0.25) is 0 Å². The molecule has 0 saturated heterocycles. The number of nitrogens with one attached hydrogen (secondary N) is 1. The summed E-state index contributed by atoms with van der Waals surface area (Å²) in [6.45, 7) is 8.92. The van der Waals surface area contributed by atoms with Gasteiger partial charge in [-0.25, -0.2) is 0 Å². The zero-order valence-corrected chi connectivity index (χ0v) is 12.2. The first-order chi connectivity index (χ1) is 9.24. The van der Waals surface area contributed by atoms with Gasteiger partial charge in [0.15, 0.2) is 0 Å². The van der Waals surface area contributed by atoms with Gasteiger partial charge in [-0.05, 0) is 13.0 Å². The predicted octanol–water partition coefficient (Wildman–Crippen LogP) is 3.16. The third-order valence-corrected chi connectivity index (χ3v) is 2.61.